The summed E-state index contributed by atoms with van der Waals surface area (Å²) in [6.07, 6.45) is 0.295. The molecule has 0 saturated carbocycles. The maximum absolute atomic E-state index is 11.4. The molecular weight excluding hydrogens is 182 g/mol. The van der Waals surface area contributed by atoms with E-state index in [0.29, 0.717) is 12.2 Å². The van der Waals surface area contributed by atoms with Crippen LogP contribution in [0.4, 0.5) is 5.69 Å². The third-order valence-corrected chi connectivity index (χ3v) is 2.48. The second-order valence-electron chi connectivity index (χ2n) is 3.25. The van der Waals surface area contributed by atoms with E-state index in [2.05, 4.69) is 0 Å². The molecule has 0 bridgehead atoms. The molecule has 1 aliphatic heterocycles. The first-order chi connectivity index (χ1) is 6.65. The number of nitrogens with zero attached hydrogens (tertiary/aromatic N) is 1. The van der Waals surface area contributed by atoms with Gasteiger partial charge in [0.25, 0.3) is 0 Å². The zero-order valence-electron chi connectivity index (χ0n) is 8.07. The normalized spacial score (nSPS) is 14.4. The Morgan fingerprint density at radius 3 is 2.86 bits per heavy atom. The largest absolute Gasteiger partial charge is 0.504 e. The summed E-state index contributed by atoms with van der Waals surface area (Å²) in [6.45, 7) is 0. The Balaban J connectivity index is 2.61. The maximum atomic E-state index is 11.4. The molecular formula is C10H11NO3. The summed E-state index contributed by atoms with van der Waals surface area (Å²) in [7, 11) is 3.20. The predicted octanol–water partition coefficient (Wildman–Crippen LogP) is 0.920. The molecule has 0 saturated heterocycles. The van der Waals surface area contributed by atoms with Crippen molar-refractivity contribution < 1.29 is 14.6 Å². The van der Waals surface area contributed by atoms with E-state index >= 15 is 0 Å². The lowest BCUT2D eigenvalue weighted by Crippen LogP contribution is -2.20. The molecule has 1 heterocycles. The molecule has 14 heavy (non-hydrogen) atoms. The fourth-order valence-electron chi connectivity index (χ4n) is 1.72. The highest BCUT2D eigenvalue weighted by Gasteiger charge is 2.28. The number of phenols is 1. The van der Waals surface area contributed by atoms with Crippen molar-refractivity contribution in [2.45, 2.75) is 6.42 Å². The Kier molecular flexibility index (Phi) is 1.84. The molecule has 1 aromatic rings. The van der Waals surface area contributed by atoms with E-state index in [-0.39, 0.29) is 11.7 Å². The fourth-order valence-corrected chi connectivity index (χ4v) is 1.72. The molecule has 0 aliphatic carbocycles. The number of rotatable bonds is 1. The van der Waals surface area contributed by atoms with E-state index in [1.54, 1.807) is 18.0 Å². The Hall–Kier alpha value is -1.71. The van der Waals surface area contributed by atoms with Gasteiger partial charge in [0, 0.05) is 12.6 Å². The van der Waals surface area contributed by atoms with Crippen molar-refractivity contribution in [1.82, 2.24) is 0 Å². The average Bonchev–Trinajstić information content (AvgIpc) is 2.43. The highest BCUT2D eigenvalue weighted by atomic mass is 16.5. The van der Waals surface area contributed by atoms with Gasteiger partial charge in [0.15, 0.2) is 11.5 Å². The van der Waals surface area contributed by atoms with Gasteiger partial charge < -0.3 is 14.7 Å². The molecule has 1 aromatic carbocycles. The minimum atomic E-state index is 0.0175. The monoisotopic (exact) mass is 193 g/mol. The highest BCUT2D eigenvalue weighted by molar-refractivity contribution is 6.02. The number of amides is 1. The number of ether oxygens (including phenoxy) is 1. The summed E-state index contributed by atoms with van der Waals surface area (Å²) in [6, 6.07) is 3.25. The number of carbonyl (C=O) groups is 1. The van der Waals surface area contributed by atoms with Crippen molar-refractivity contribution in [2.24, 2.45) is 0 Å². The molecule has 0 unspecified atom stereocenters. The van der Waals surface area contributed by atoms with Crippen LogP contribution in [0.25, 0.3) is 0 Å². The number of fused-ring (bicyclic) bond motifs is 1. The van der Waals surface area contributed by atoms with Gasteiger partial charge in [0.2, 0.25) is 5.91 Å². The van der Waals surface area contributed by atoms with Gasteiger partial charge in [-0.2, -0.15) is 0 Å². The van der Waals surface area contributed by atoms with Crippen LogP contribution in [-0.4, -0.2) is 25.2 Å². The first-order valence-corrected chi connectivity index (χ1v) is 4.30. The smallest absolute Gasteiger partial charge is 0.231 e. The summed E-state index contributed by atoms with van der Waals surface area (Å²) < 4.78 is 5.06. The third kappa shape index (κ3) is 1.04. The average molecular weight is 193 g/mol. The van der Waals surface area contributed by atoms with Gasteiger partial charge in [-0.1, -0.05) is 0 Å². The number of aromatic hydroxyl groups is 1. The Bertz CT molecular complexity index is 401. The first-order valence-electron chi connectivity index (χ1n) is 4.30. The van der Waals surface area contributed by atoms with Crippen molar-refractivity contribution >= 4 is 11.6 Å². The van der Waals surface area contributed by atoms with Crippen molar-refractivity contribution in [3.8, 4) is 11.5 Å². The van der Waals surface area contributed by atoms with E-state index in [1.807, 2.05) is 0 Å². The van der Waals surface area contributed by atoms with Crippen LogP contribution >= 0.6 is 0 Å². The topological polar surface area (TPSA) is 49.8 Å². The van der Waals surface area contributed by atoms with Gasteiger partial charge in [-0.05, 0) is 12.1 Å². The van der Waals surface area contributed by atoms with Crippen LogP contribution < -0.4 is 9.64 Å². The minimum absolute atomic E-state index is 0.0175. The Morgan fingerprint density at radius 2 is 2.21 bits per heavy atom. The molecule has 4 heteroatoms. The van der Waals surface area contributed by atoms with E-state index in [0.717, 1.165) is 11.3 Å². The van der Waals surface area contributed by atoms with Crippen LogP contribution in [0.15, 0.2) is 12.1 Å². The highest BCUT2D eigenvalue weighted by Crippen LogP contribution is 2.40. The van der Waals surface area contributed by atoms with Gasteiger partial charge in [-0.25, -0.2) is 0 Å². The van der Waals surface area contributed by atoms with E-state index < -0.39 is 0 Å². The SMILES string of the molecule is COc1c(O)ccc2c1CC(=O)N2C. The van der Waals surface area contributed by atoms with E-state index in [1.165, 1.54) is 13.2 Å². The summed E-state index contributed by atoms with van der Waals surface area (Å²) in [4.78, 5) is 13.0. The maximum Gasteiger partial charge on any atom is 0.231 e. The lowest BCUT2D eigenvalue weighted by Gasteiger charge is -2.11. The molecule has 0 fully saturated rings. The van der Waals surface area contributed by atoms with E-state index in [4.69, 9.17) is 4.74 Å². The molecule has 0 atom stereocenters. The first kappa shape index (κ1) is 8.87. The van der Waals surface area contributed by atoms with Gasteiger partial charge in [0.05, 0.1) is 19.2 Å². The summed E-state index contributed by atoms with van der Waals surface area (Å²) in [5, 5.41) is 9.49. The van der Waals surface area contributed by atoms with Crippen molar-refractivity contribution in [1.29, 1.82) is 0 Å². The van der Waals surface area contributed by atoms with Crippen LogP contribution in [0.1, 0.15) is 5.56 Å². The van der Waals surface area contributed by atoms with Gasteiger partial charge in [0.1, 0.15) is 0 Å². The summed E-state index contributed by atoms with van der Waals surface area (Å²) in [5.74, 6) is 0.499. The van der Waals surface area contributed by atoms with Crippen molar-refractivity contribution in [3.63, 3.8) is 0 Å². The van der Waals surface area contributed by atoms with Crippen molar-refractivity contribution in [3.05, 3.63) is 17.7 Å². The van der Waals surface area contributed by atoms with Crippen LogP contribution in [0.5, 0.6) is 11.5 Å². The molecule has 1 N–H and O–H groups in total. The second-order valence-corrected chi connectivity index (χ2v) is 3.25. The number of hydrogen-bond acceptors (Lipinski definition) is 3. The van der Waals surface area contributed by atoms with Gasteiger partial charge in [-0.15, -0.1) is 0 Å². The number of likely N-dealkylation sites (N-methyl/N-ethyl adjacent to an activating group) is 1. The number of methoxy groups -OCH3 is 1. The van der Waals surface area contributed by atoms with Gasteiger partial charge in [-0.3, -0.25) is 4.79 Å². The molecule has 2 rings (SSSR count). The van der Waals surface area contributed by atoms with Crippen LogP contribution in [0, 0.1) is 0 Å². The molecule has 1 aliphatic rings. The number of hydrogen-bond donors (Lipinski definition) is 1. The lowest BCUT2D eigenvalue weighted by atomic mass is 10.1. The number of anilines is 1. The van der Waals surface area contributed by atoms with Crippen molar-refractivity contribution in [2.75, 3.05) is 19.1 Å². The second kappa shape index (κ2) is 2.90. The van der Waals surface area contributed by atoms with Crippen LogP contribution in [-0.2, 0) is 11.2 Å². The quantitative estimate of drug-likeness (QED) is 0.721. The molecule has 4 nitrogen and oxygen atoms in total. The summed E-state index contributed by atoms with van der Waals surface area (Å²) in [5.41, 5.74) is 1.57. The predicted molar refractivity (Wildman–Crippen MR) is 51.8 cm³/mol. The van der Waals surface area contributed by atoms with E-state index in [9.17, 15) is 9.90 Å². The Labute approximate surface area is 81.7 Å². The fraction of sp³-hybridized carbons (Fsp3) is 0.300. The Morgan fingerprint density at radius 1 is 1.50 bits per heavy atom. The molecule has 0 radical (unpaired) electrons. The van der Waals surface area contributed by atoms with Gasteiger partial charge >= 0.3 is 0 Å². The molecule has 74 valence electrons. The van der Waals surface area contributed by atoms with Crippen LogP contribution in [0.2, 0.25) is 0 Å². The zero-order chi connectivity index (χ0) is 10.3. The lowest BCUT2D eigenvalue weighted by molar-refractivity contribution is -0.117. The van der Waals surface area contributed by atoms with Crippen LogP contribution in [0.3, 0.4) is 0 Å². The molecule has 0 aromatic heterocycles. The molecule has 0 spiro atoms. The number of benzene rings is 1. The number of phenolic OH excluding ortho intramolecular Hbond substituents is 1. The zero-order valence-corrected chi connectivity index (χ0v) is 8.07. The third-order valence-electron chi connectivity index (χ3n) is 2.48. The number of carbonyl (C=O) groups excluding carboxylic acids is 1. The summed E-state index contributed by atoms with van der Waals surface area (Å²) >= 11 is 0. The standard InChI is InChI=1S/C10H11NO3/c1-11-7-3-4-8(12)10(14-2)6(7)5-9(11)13/h3-4,12H,5H2,1-2H3. The minimum Gasteiger partial charge on any atom is -0.504 e. The molecule has 1 amide bonds.